The van der Waals surface area contributed by atoms with Crippen LogP contribution in [0.15, 0.2) is 29.2 Å². The molecule has 0 aliphatic carbocycles. The molecule has 3 nitrogen and oxygen atoms in total. The van der Waals surface area contributed by atoms with E-state index in [0.717, 1.165) is 0 Å². The molecule has 1 aromatic rings. The molecule has 2 atom stereocenters. The lowest BCUT2D eigenvalue weighted by Gasteiger charge is -2.04. The molecule has 1 aromatic carbocycles. The number of benzene rings is 1. The van der Waals surface area contributed by atoms with Crippen molar-refractivity contribution in [3.8, 4) is 0 Å². The van der Waals surface area contributed by atoms with E-state index in [4.69, 9.17) is 9.66 Å². The van der Waals surface area contributed by atoms with Crippen LogP contribution in [0.25, 0.3) is 0 Å². The van der Waals surface area contributed by atoms with Crippen LogP contribution in [0.5, 0.6) is 0 Å². The summed E-state index contributed by atoms with van der Waals surface area (Å²) in [7, 11) is 0. The van der Waals surface area contributed by atoms with Crippen LogP contribution in [0.2, 0.25) is 0 Å². The second-order valence-corrected chi connectivity index (χ2v) is 3.47. The molecule has 0 heterocycles. The highest BCUT2D eigenvalue weighted by Gasteiger charge is 2.03. The summed E-state index contributed by atoms with van der Waals surface area (Å²) in [5.74, 6) is 0. The average Bonchev–Trinajstić information content (AvgIpc) is 2.04. The first-order chi connectivity index (χ1) is 5.61. The molecule has 0 saturated heterocycles. The third kappa shape index (κ3) is 2.14. The van der Waals surface area contributed by atoms with Gasteiger partial charge in [-0.15, -0.1) is 0 Å². The lowest BCUT2D eigenvalue weighted by atomic mass is 10.1. The van der Waals surface area contributed by atoms with Crippen molar-refractivity contribution in [1.29, 1.82) is 0 Å². The van der Waals surface area contributed by atoms with Crippen LogP contribution in [0.4, 0.5) is 0 Å². The van der Waals surface area contributed by atoms with E-state index in [1.165, 1.54) is 6.07 Å². The summed E-state index contributed by atoms with van der Waals surface area (Å²) in [5, 5.41) is 9.15. The van der Waals surface area contributed by atoms with Gasteiger partial charge in [0.15, 0.2) is 11.1 Å². The van der Waals surface area contributed by atoms with Gasteiger partial charge in [-0.25, -0.2) is 4.21 Å². The molecule has 0 amide bonds. The van der Waals surface area contributed by atoms with Crippen molar-refractivity contribution in [3.05, 3.63) is 29.8 Å². The Hall–Kier alpha value is -0.710. The van der Waals surface area contributed by atoms with Gasteiger partial charge in [-0.1, -0.05) is 12.1 Å². The van der Waals surface area contributed by atoms with E-state index in [2.05, 4.69) is 0 Å². The summed E-state index contributed by atoms with van der Waals surface area (Å²) in [5.41, 5.74) is 0.648. The first-order valence-electron chi connectivity index (χ1n) is 3.50. The molecule has 1 rings (SSSR count). The van der Waals surface area contributed by atoms with Crippen molar-refractivity contribution < 1.29 is 13.9 Å². The summed E-state index contributed by atoms with van der Waals surface area (Å²) in [6.07, 6.45) is -0.603. The fourth-order valence-corrected chi connectivity index (χ4v) is 1.31. The van der Waals surface area contributed by atoms with Crippen LogP contribution >= 0.6 is 0 Å². The van der Waals surface area contributed by atoms with Crippen LogP contribution in [-0.2, 0) is 11.1 Å². The van der Waals surface area contributed by atoms with E-state index < -0.39 is 17.2 Å². The number of aliphatic hydroxyl groups excluding tert-OH is 1. The SMILES string of the molecule is CC(O)c1cccc(S(=O)O)c1. The van der Waals surface area contributed by atoms with Crippen LogP contribution in [0.1, 0.15) is 18.6 Å². The molecule has 0 bridgehead atoms. The van der Waals surface area contributed by atoms with Crippen LogP contribution in [0, 0.1) is 0 Å². The van der Waals surface area contributed by atoms with Crippen molar-refractivity contribution in [2.45, 2.75) is 17.9 Å². The first-order valence-corrected chi connectivity index (χ1v) is 4.61. The summed E-state index contributed by atoms with van der Waals surface area (Å²) < 4.78 is 19.3. The van der Waals surface area contributed by atoms with E-state index in [9.17, 15) is 4.21 Å². The van der Waals surface area contributed by atoms with Crippen LogP contribution < -0.4 is 0 Å². The lowest BCUT2D eigenvalue weighted by Crippen LogP contribution is -1.94. The molecule has 2 unspecified atom stereocenters. The highest BCUT2D eigenvalue weighted by molar-refractivity contribution is 7.79. The summed E-state index contributed by atoms with van der Waals surface area (Å²) in [6, 6.07) is 6.41. The maximum absolute atomic E-state index is 10.6. The Kier molecular flexibility index (Phi) is 2.97. The normalized spacial score (nSPS) is 15.6. The summed E-state index contributed by atoms with van der Waals surface area (Å²) in [4.78, 5) is 0.313. The second-order valence-electron chi connectivity index (χ2n) is 2.50. The Morgan fingerprint density at radius 1 is 1.50 bits per heavy atom. The molecular weight excluding hydrogens is 176 g/mol. The predicted molar refractivity (Wildman–Crippen MR) is 46.1 cm³/mol. The summed E-state index contributed by atoms with van der Waals surface area (Å²) in [6.45, 7) is 1.61. The van der Waals surface area contributed by atoms with E-state index in [0.29, 0.717) is 10.5 Å². The van der Waals surface area contributed by atoms with Gasteiger partial charge in [0.25, 0.3) is 0 Å². The largest absolute Gasteiger partial charge is 0.389 e. The second kappa shape index (κ2) is 3.80. The van der Waals surface area contributed by atoms with Gasteiger partial charge < -0.3 is 9.66 Å². The van der Waals surface area contributed by atoms with Gasteiger partial charge in [-0.3, -0.25) is 0 Å². The lowest BCUT2D eigenvalue weighted by molar-refractivity contribution is 0.199. The molecule has 0 aliphatic heterocycles. The molecule has 4 heteroatoms. The zero-order valence-electron chi connectivity index (χ0n) is 6.60. The van der Waals surface area contributed by atoms with Crippen molar-refractivity contribution in [1.82, 2.24) is 0 Å². The van der Waals surface area contributed by atoms with Gasteiger partial charge in [-0.2, -0.15) is 0 Å². The number of rotatable bonds is 2. The van der Waals surface area contributed by atoms with Gasteiger partial charge >= 0.3 is 0 Å². The Morgan fingerprint density at radius 2 is 2.17 bits per heavy atom. The molecule has 0 spiro atoms. The molecule has 0 aliphatic rings. The maximum atomic E-state index is 10.6. The molecule has 12 heavy (non-hydrogen) atoms. The van der Waals surface area contributed by atoms with Crippen LogP contribution in [-0.4, -0.2) is 13.9 Å². The number of aliphatic hydroxyl groups is 1. The molecule has 0 aromatic heterocycles. The van der Waals surface area contributed by atoms with Crippen molar-refractivity contribution in [2.75, 3.05) is 0 Å². The zero-order chi connectivity index (χ0) is 9.14. The third-order valence-corrected chi connectivity index (χ3v) is 2.20. The fourth-order valence-electron chi connectivity index (χ4n) is 0.883. The number of hydrogen-bond acceptors (Lipinski definition) is 2. The fraction of sp³-hybridized carbons (Fsp3) is 0.250. The molecule has 66 valence electrons. The average molecular weight is 186 g/mol. The molecule has 2 N–H and O–H groups in total. The molecule has 0 fully saturated rings. The summed E-state index contributed by atoms with van der Waals surface area (Å²) >= 11 is -1.97. The van der Waals surface area contributed by atoms with Crippen molar-refractivity contribution in [2.24, 2.45) is 0 Å². The quantitative estimate of drug-likeness (QED) is 0.685. The Morgan fingerprint density at radius 3 is 2.67 bits per heavy atom. The smallest absolute Gasteiger partial charge is 0.186 e. The standard InChI is InChI=1S/C8H10O3S/c1-6(9)7-3-2-4-8(5-7)12(10)11/h2-6,9H,1H3,(H,10,11). The molecule has 0 saturated carbocycles. The third-order valence-electron chi connectivity index (χ3n) is 1.54. The van der Waals surface area contributed by atoms with Crippen molar-refractivity contribution in [3.63, 3.8) is 0 Å². The van der Waals surface area contributed by atoms with E-state index in [1.54, 1.807) is 25.1 Å². The topological polar surface area (TPSA) is 57.5 Å². The first kappa shape index (κ1) is 9.38. The predicted octanol–water partition coefficient (Wildman–Crippen LogP) is 1.32. The zero-order valence-corrected chi connectivity index (χ0v) is 7.41. The van der Waals surface area contributed by atoms with Crippen molar-refractivity contribution >= 4 is 11.1 Å². The van der Waals surface area contributed by atoms with E-state index in [1.807, 2.05) is 0 Å². The van der Waals surface area contributed by atoms with E-state index >= 15 is 0 Å². The molecule has 0 radical (unpaired) electrons. The number of hydrogen-bond donors (Lipinski definition) is 2. The van der Waals surface area contributed by atoms with E-state index in [-0.39, 0.29) is 0 Å². The monoisotopic (exact) mass is 186 g/mol. The Bertz CT molecular complexity index is 296. The Balaban J connectivity index is 3.04. The minimum atomic E-state index is -1.97. The van der Waals surface area contributed by atoms with Gasteiger partial charge in [0.05, 0.1) is 11.0 Å². The van der Waals surface area contributed by atoms with Gasteiger partial charge in [0.1, 0.15) is 0 Å². The minimum absolute atomic E-state index is 0.313. The highest BCUT2D eigenvalue weighted by Crippen LogP contribution is 2.14. The van der Waals surface area contributed by atoms with Crippen LogP contribution in [0.3, 0.4) is 0 Å². The maximum Gasteiger partial charge on any atom is 0.186 e. The van der Waals surface area contributed by atoms with Gasteiger partial charge in [-0.05, 0) is 24.6 Å². The Labute approximate surface area is 73.3 Å². The van der Waals surface area contributed by atoms with Gasteiger partial charge in [0, 0.05) is 0 Å². The highest BCUT2D eigenvalue weighted by atomic mass is 32.2. The van der Waals surface area contributed by atoms with Gasteiger partial charge in [0.2, 0.25) is 0 Å². The molecular formula is C8H10O3S. The minimum Gasteiger partial charge on any atom is -0.389 e.